The van der Waals surface area contributed by atoms with Crippen LogP contribution in [0.5, 0.6) is 0 Å². The Morgan fingerprint density at radius 2 is 0.884 bits per heavy atom. The number of hydrogen-bond acceptors (Lipinski definition) is 6. The molecule has 5 aromatic carbocycles. The van der Waals surface area contributed by atoms with Gasteiger partial charge < -0.3 is 0 Å². The van der Waals surface area contributed by atoms with E-state index >= 15 is 0 Å². The van der Waals surface area contributed by atoms with Crippen LogP contribution < -0.4 is 0 Å². The van der Waals surface area contributed by atoms with Crippen LogP contribution in [0.25, 0.3) is 72.9 Å². The Morgan fingerprint density at radius 3 is 1.44 bits per heavy atom. The number of fused-ring (bicyclic) bond motifs is 3. The molecule has 0 amide bonds. The molecule has 0 saturated carbocycles. The smallest absolute Gasteiger partial charge is 0.208 e. The molecule has 204 valence electrons. The Kier molecular flexibility index (Phi) is 6.06. The number of benzene rings is 5. The van der Waals surface area contributed by atoms with Crippen LogP contribution in [0.3, 0.4) is 0 Å². The first-order valence-electron chi connectivity index (χ1n) is 13.5. The topological polar surface area (TPSA) is 81.8 Å². The van der Waals surface area contributed by atoms with Gasteiger partial charge in [-0.15, -0.1) is 5.10 Å². The summed E-state index contributed by atoms with van der Waals surface area (Å²) in [5.74, 6) is 2.57. The molecule has 0 N–H and O–H groups in total. The SMILES string of the molecule is Clc1cc(Cl)n2nc(-c3ccc(-c4nc(-c5ccc6ccccc6c5)nc(-c5ccc6ccccc6c5)n4)cc3)nc2n1. The summed E-state index contributed by atoms with van der Waals surface area (Å²) < 4.78 is 1.45. The first-order valence-corrected chi connectivity index (χ1v) is 14.3. The summed E-state index contributed by atoms with van der Waals surface area (Å²) in [7, 11) is 0. The Labute approximate surface area is 255 Å². The van der Waals surface area contributed by atoms with E-state index in [4.69, 9.17) is 38.2 Å². The van der Waals surface area contributed by atoms with E-state index in [1.165, 1.54) is 10.6 Å². The number of nitrogens with zero attached hydrogens (tertiary/aromatic N) is 7. The van der Waals surface area contributed by atoms with Crippen molar-refractivity contribution in [3.63, 3.8) is 0 Å². The van der Waals surface area contributed by atoms with Gasteiger partial charge in [0.1, 0.15) is 10.3 Å². The van der Waals surface area contributed by atoms with Crippen LogP contribution in [0.15, 0.2) is 115 Å². The van der Waals surface area contributed by atoms with E-state index in [-0.39, 0.29) is 5.15 Å². The molecule has 7 nitrogen and oxygen atoms in total. The minimum Gasteiger partial charge on any atom is -0.208 e. The fraction of sp³-hybridized carbons (Fsp3) is 0. The first-order chi connectivity index (χ1) is 21.1. The normalized spacial score (nSPS) is 11.5. The van der Waals surface area contributed by atoms with Crippen LogP contribution in [0.4, 0.5) is 0 Å². The predicted molar refractivity (Wildman–Crippen MR) is 171 cm³/mol. The van der Waals surface area contributed by atoms with Gasteiger partial charge in [-0.3, -0.25) is 0 Å². The van der Waals surface area contributed by atoms with Crippen LogP contribution in [-0.4, -0.2) is 34.5 Å². The van der Waals surface area contributed by atoms with Gasteiger partial charge in [-0.05, 0) is 33.7 Å². The van der Waals surface area contributed by atoms with Crippen molar-refractivity contribution in [1.82, 2.24) is 34.5 Å². The summed E-state index contributed by atoms with van der Waals surface area (Å²) >= 11 is 12.3. The highest BCUT2D eigenvalue weighted by Crippen LogP contribution is 2.29. The van der Waals surface area contributed by atoms with Gasteiger partial charge in [0.05, 0.1) is 0 Å². The summed E-state index contributed by atoms with van der Waals surface area (Å²) in [6.45, 7) is 0. The largest absolute Gasteiger partial charge is 0.255 e. The molecule has 0 spiro atoms. The van der Waals surface area contributed by atoms with E-state index in [9.17, 15) is 0 Å². The zero-order valence-electron chi connectivity index (χ0n) is 22.4. The van der Waals surface area contributed by atoms with Crippen molar-refractivity contribution < 1.29 is 0 Å². The fourth-order valence-electron chi connectivity index (χ4n) is 5.12. The molecule has 43 heavy (non-hydrogen) atoms. The number of rotatable bonds is 4. The van der Waals surface area contributed by atoms with Crippen LogP contribution >= 0.6 is 23.2 Å². The monoisotopic (exact) mass is 595 g/mol. The van der Waals surface area contributed by atoms with Crippen LogP contribution in [0.1, 0.15) is 0 Å². The summed E-state index contributed by atoms with van der Waals surface area (Å²) in [4.78, 5) is 23.5. The Morgan fingerprint density at radius 1 is 0.419 bits per heavy atom. The van der Waals surface area contributed by atoms with E-state index in [1.54, 1.807) is 0 Å². The van der Waals surface area contributed by atoms with Crippen molar-refractivity contribution in [1.29, 1.82) is 0 Å². The molecule has 0 saturated heterocycles. The first kappa shape index (κ1) is 25.5. The molecule has 3 aromatic heterocycles. The third-order valence-corrected chi connectivity index (χ3v) is 7.75. The standard InChI is InChI=1S/C34H19Cl2N7/c35-28-19-29(36)43-34(37-28)41-33(42-43)23-13-11-22(12-14-23)30-38-31(26-15-9-20-5-1-3-7-24(20)17-26)40-32(39-30)27-16-10-21-6-2-4-8-25(21)18-27/h1-19H. The molecule has 0 radical (unpaired) electrons. The number of halogens is 2. The highest BCUT2D eigenvalue weighted by molar-refractivity contribution is 6.33. The molecule has 0 fully saturated rings. The number of hydrogen-bond donors (Lipinski definition) is 0. The van der Waals surface area contributed by atoms with Crippen LogP contribution in [-0.2, 0) is 0 Å². The molecular weight excluding hydrogens is 577 g/mol. The summed E-state index contributed by atoms with van der Waals surface area (Å²) in [6.07, 6.45) is 0. The lowest BCUT2D eigenvalue weighted by molar-refractivity contribution is 0.943. The summed E-state index contributed by atoms with van der Waals surface area (Å²) in [5, 5.41) is 9.64. The van der Waals surface area contributed by atoms with Gasteiger partial charge in [0.15, 0.2) is 23.3 Å². The van der Waals surface area contributed by atoms with Crippen LogP contribution in [0, 0.1) is 0 Å². The molecule has 8 aromatic rings. The minimum atomic E-state index is 0.256. The van der Waals surface area contributed by atoms with E-state index in [0.717, 1.165) is 43.8 Å². The molecule has 8 rings (SSSR count). The molecular formula is C34H19Cl2N7. The molecule has 9 heteroatoms. The van der Waals surface area contributed by atoms with E-state index in [2.05, 4.69) is 75.7 Å². The van der Waals surface area contributed by atoms with E-state index in [0.29, 0.717) is 34.2 Å². The second-order valence-electron chi connectivity index (χ2n) is 10.1. The van der Waals surface area contributed by atoms with Crippen molar-refractivity contribution in [3.8, 4) is 45.6 Å². The zero-order valence-corrected chi connectivity index (χ0v) is 23.9. The number of aromatic nitrogens is 7. The third-order valence-electron chi connectivity index (χ3n) is 7.29. The average molecular weight is 596 g/mol. The highest BCUT2D eigenvalue weighted by atomic mass is 35.5. The average Bonchev–Trinajstić information content (AvgIpc) is 3.49. The Hall–Kier alpha value is -5.24. The van der Waals surface area contributed by atoms with Crippen molar-refractivity contribution in [2.75, 3.05) is 0 Å². The van der Waals surface area contributed by atoms with Crippen molar-refractivity contribution in [3.05, 3.63) is 126 Å². The lowest BCUT2D eigenvalue weighted by atomic mass is 10.1. The van der Waals surface area contributed by atoms with Gasteiger partial charge in [-0.2, -0.15) is 14.5 Å². The molecule has 0 atom stereocenters. The summed E-state index contributed by atoms with van der Waals surface area (Å²) in [6, 6.07) is 38.3. The molecule has 0 aliphatic heterocycles. The maximum absolute atomic E-state index is 6.28. The lowest BCUT2D eigenvalue weighted by Crippen LogP contribution is -2.00. The third kappa shape index (κ3) is 4.74. The van der Waals surface area contributed by atoms with Crippen LogP contribution in [0.2, 0.25) is 10.3 Å². The van der Waals surface area contributed by atoms with E-state index in [1.807, 2.05) is 48.5 Å². The lowest BCUT2D eigenvalue weighted by Gasteiger charge is -2.10. The van der Waals surface area contributed by atoms with Gasteiger partial charge in [-0.25, -0.2) is 15.0 Å². The van der Waals surface area contributed by atoms with Crippen molar-refractivity contribution in [2.24, 2.45) is 0 Å². The predicted octanol–water partition coefficient (Wildman–Crippen LogP) is 8.59. The van der Waals surface area contributed by atoms with Gasteiger partial charge in [0.25, 0.3) is 5.78 Å². The molecule has 0 aliphatic carbocycles. The molecule has 0 bridgehead atoms. The zero-order chi connectivity index (χ0) is 28.9. The fourth-order valence-corrected chi connectivity index (χ4v) is 5.57. The molecule has 0 aliphatic rings. The Balaban J connectivity index is 1.24. The van der Waals surface area contributed by atoms with Gasteiger partial charge in [0, 0.05) is 28.3 Å². The second kappa shape index (κ2) is 10.2. The quantitative estimate of drug-likeness (QED) is 0.189. The molecule has 3 heterocycles. The van der Waals surface area contributed by atoms with Gasteiger partial charge >= 0.3 is 0 Å². The highest BCUT2D eigenvalue weighted by Gasteiger charge is 2.15. The summed E-state index contributed by atoms with van der Waals surface area (Å²) in [5.41, 5.74) is 3.45. The maximum Gasteiger partial charge on any atom is 0.255 e. The maximum atomic E-state index is 6.28. The van der Waals surface area contributed by atoms with Crippen molar-refractivity contribution >= 4 is 50.5 Å². The van der Waals surface area contributed by atoms with E-state index < -0.39 is 0 Å². The van der Waals surface area contributed by atoms with Crippen molar-refractivity contribution in [2.45, 2.75) is 0 Å². The van der Waals surface area contributed by atoms with Gasteiger partial charge in [-0.1, -0.05) is 120 Å². The second-order valence-corrected chi connectivity index (χ2v) is 10.8. The minimum absolute atomic E-state index is 0.256. The molecule has 0 unspecified atom stereocenters. The Bertz CT molecular complexity index is 2230. The van der Waals surface area contributed by atoms with Gasteiger partial charge in [0.2, 0.25) is 0 Å².